The van der Waals surface area contributed by atoms with Crippen LogP contribution >= 0.6 is 0 Å². The summed E-state index contributed by atoms with van der Waals surface area (Å²) in [4.78, 5) is 3.93. The Balaban J connectivity index is 3.42. The third-order valence-electron chi connectivity index (χ3n) is 0.625. The van der Waals surface area contributed by atoms with Gasteiger partial charge in [0, 0.05) is 18.5 Å². The summed E-state index contributed by atoms with van der Waals surface area (Å²) in [6.07, 6.45) is 3.50. The smallest absolute Gasteiger partial charge is 0.0360 e. The minimum absolute atomic E-state index is 0.794. The lowest BCUT2D eigenvalue weighted by Gasteiger charge is -1.81. The molecule has 0 amide bonds. The SMILES string of the molecule is CCN=CC=C(C)N. The Morgan fingerprint density at radius 2 is 2.38 bits per heavy atom. The molecule has 0 aromatic heterocycles. The van der Waals surface area contributed by atoms with E-state index in [2.05, 4.69) is 4.99 Å². The van der Waals surface area contributed by atoms with Gasteiger partial charge in [-0.1, -0.05) is 0 Å². The number of hydrogen-bond acceptors (Lipinski definition) is 2. The largest absolute Gasteiger partial charge is 0.402 e. The van der Waals surface area contributed by atoms with Crippen molar-refractivity contribution in [3.05, 3.63) is 11.8 Å². The quantitative estimate of drug-likeness (QED) is 0.530. The van der Waals surface area contributed by atoms with Crippen LogP contribution in [0.5, 0.6) is 0 Å². The first-order chi connectivity index (χ1) is 3.77. The summed E-state index contributed by atoms with van der Waals surface area (Å²) >= 11 is 0. The van der Waals surface area contributed by atoms with E-state index in [0.29, 0.717) is 0 Å². The van der Waals surface area contributed by atoms with Crippen LogP contribution in [-0.4, -0.2) is 12.8 Å². The van der Waals surface area contributed by atoms with E-state index in [0.717, 1.165) is 12.2 Å². The van der Waals surface area contributed by atoms with E-state index in [-0.39, 0.29) is 0 Å². The second-order valence-corrected chi connectivity index (χ2v) is 1.56. The molecule has 0 aliphatic heterocycles. The lowest BCUT2D eigenvalue weighted by atomic mass is 10.5. The first kappa shape index (κ1) is 7.21. The van der Waals surface area contributed by atoms with Crippen LogP contribution in [0.4, 0.5) is 0 Å². The summed E-state index contributed by atoms with van der Waals surface area (Å²) in [5, 5.41) is 0. The number of hydrogen-bond donors (Lipinski definition) is 1. The third kappa shape index (κ3) is 5.21. The fraction of sp³-hybridized carbons (Fsp3) is 0.500. The summed E-state index contributed by atoms with van der Waals surface area (Å²) in [7, 11) is 0. The van der Waals surface area contributed by atoms with Crippen LogP contribution in [-0.2, 0) is 0 Å². The number of nitrogens with two attached hydrogens (primary N) is 1. The molecule has 0 rings (SSSR count). The van der Waals surface area contributed by atoms with Gasteiger partial charge in [-0.3, -0.25) is 4.99 Å². The molecule has 0 atom stereocenters. The van der Waals surface area contributed by atoms with E-state index < -0.39 is 0 Å². The van der Waals surface area contributed by atoms with Gasteiger partial charge in [0.1, 0.15) is 0 Å². The number of aliphatic imine (C=N–C) groups is 1. The van der Waals surface area contributed by atoms with Crippen LogP contribution in [0.1, 0.15) is 13.8 Å². The summed E-state index contributed by atoms with van der Waals surface area (Å²) < 4.78 is 0. The molecule has 0 fully saturated rings. The highest BCUT2D eigenvalue weighted by molar-refractivity contribution is 5.71. The fourth-order valence-corrected chi connectivity index (χ4v) is 0.276. The van der Waals surface area contributed by atoms with Crippen LogP contribution in [0.2, 0.25) is 0 Å². The first-order valence-electron chi connectivity index (χ1n) is 2.69. The molecule has 0 radical (unpaired) electrons. The standard InChI is InChI=1S/C6H12N2/c1-3-8-5-4-6(2)7/h4-5H,3,7H2,1-2H3. The Bertz CT molecular complexity index is 99.1. The van der Waals surface area contributed by atoms with E-state index in [1.807, 2.05) is 13.8 Å². The van der Waals surface area contributed by atoms with Gasteiger partial charge in [0.25, 0.3) is 0 Å². The maximum Gasteiger partial charge on any atom is 0.0360 e. The second kappa shape index (κ2) is 4.37. The summed E-state index contributed by atoms with van der Waals surface area (Å²) in [5.41, 5.74) is 6.10. The summed E-state index contributed by atoms with van der Waals surface area (Å²) in [6.45, 7) is 4.64. The van der Waals surface area contributed by atoms with Gasteiger partial charge in [0.05, 0.1) is 0 Å². The molecule has 2 heteroatoms. The molecule has 0 aromatic carbocycles. The van der Waals surface area contributed by atoms with E-state index in [1.54, 1.807) is 12.3 Å². The number of allylic oxidation sites excluding steroid dienone is 2. The molecule has 0 aliphatic carbocycles. The van der Waals surface area contributed by atoms with Gasteiger partial charge >= 0.3 is 0 Å². The minimum atomic E-state index is 0.794. The van der Waals surface area contributed by atoms with Gasteiger partial charge in [-0.25, -0.2) is 0 Å². The van der Waals surface area contributed by atoms with Gasteiger partial charge < -0.3 is 5.73 Å². The molecule has 0 heterocycles. The minimum Gasteiger partial charge on any atom is -0.402 e. The average molecular weight is 112 g/mol. The second-order valence-electron chi connectivity index (χ2n) is 1.56. The predicted octanol–water partition coefficient (Wildman–Crippen LogP) is 0.940. The van der Waals surface area contributed by atoms with Gasteiger partial charge in [-0.05, 0) is 19.9 Å². The van der Waals surface area contributed by atoms with Crippen LogP contribution < -0.4 is 5.73 Å². The van der Waals surface area contributed by atoms with E-state index >= 15 is 0 Å². The Morgan fingerprint density at radius 3 is 2.75 bits per heavy atom. The van der Waals surface area contributed by atoms with Crippen molar-refractivity contribution in [2.45, 2.75) is 13.8 Å². The zero-order valence-electron chi connectivity index (χ0n) is 5.39. The number of nitrogens with zero attached hydrogens (tertiary/aromatic N) is 1. The number of rotatable bonds is 2. The van der Waals surface area contributed by atoms with E-state index in [1.165, 1.54) is 0 Å². The molecule has 8 heavy (non-hydrogen) atoms. The third-order valence-corrected chi connectivity index (χ3v) is 0.625. The van der Waals surface area contributed by atoms with Crippen molar-refractivity contribution in [2.75, 3.05) is 6.54 Å². The highest BCUT2D eigenvalue weighted by Gasteiger charge is 1.68. The highest BCUT2D eigenvalue weighted by Crippen LogP contribution is 1.74. The topological polar surface area (TPSA) is 38.4 Å². The Morgan fingerprint density at radius 1 is 1.75 bits per heavy atom. The zero-order chi connectivity index (χ0) is 6.41. The van der Waals surface area contributed by atoms with Crippen LogP contribution in [0.15, 0.2) is 16.8 Å². The molecular formula is C6H12N2. The molecule has 0 saturated heterocycles. The van der Waals surface area contributed by atoms with E-state index in [9.17, 15) is 0 Å². The van der Waals surface area contributed by atoms with Crippen LogP contribution in [0, 0.1) is 0 Å². The molecule has 0 aromatic rings. The molecule has 0 unspecified atom stereocenters. The Kier molecular flexibility index (Phi) is 3.94. The highest BCUT2D eigenvalue weighted by atomic mass is 14.7. The van der Waals surface area contributed by atoms with Crippen molar-refractivity contribution in [3.63, 3.8) is 0 Å². The zero-order valence-corrected chi connectivity index (χ0v) is 5.39. The molecule has 0 bridgehead atoms. The average Bonchev–Trinajstić information content (AvgIpc) is 1.66. The molecule has 0 aliphatic rings. The van der Waals surface area contributed by atoms with Crippen molar-refractivity contribution in [3.8, 4) is 0 Å². The van der Waals surface area contributed by atoms with Gasteiger partial charge in [-0.15, -0.1) is 0 Å². The lowest BCUT2D eigenvalue weighted by Crippen LogP contribution is -1.89. The van der Waals surface area contributed by atoms with Crippen molar-refractivity contribution in [1.82, 2.24) is 0 Å². The Labute approximate surface area is 50.1 Å². The maximum atomic E-state index is 5.30. The van der Waals surface area contributed by atoms with Crippen molar-refractivity contribution in [2.24, 2.45) is 10.7 Å². The molecule has 46 valence electrons. The normalized spacial score (nSPS) is 13.0. The molecule has 2 nitrogen and oxygen atoms in total. The molecular weight excluding hydrogens is 100 g/mol. The fourth-order valence-electron chi connectivity index (χ4n) is 0.276. The van der Waals surface area contributed by atoms with Crippen molar-refractivity contribution >= 4 is 6.21 Å². The lowest BCUT2D eigenvalue weighted by molar-refractivity contribution is 1.14. The molecule has 0 saturated carbocycles. The monoisotopic (exact) mass is 112 g/mol. The van der Waals surface area contributed by atoms with Gasteiger partial charge in [0.2, 0.25) is 0 Å². The van der Waals surface area contributed by atoms with Crippen LogP contribution in [0.3, 0.4) is 0 Å². The molecule has 2 N–H and O–H groups in total. The predicted molar refractivity (Wildman–Crippen MR) is 37.0 cm³/mol. The van der Waals surface area contributed by atoms with Gasteiger partial charge in [-0.2, -0.15) is 0 Å². The Hall–Kier alpha value is -0.790. The first-order valence-corrected chi connectivity index (χ1v) is 2.69. The summed E-state index contributed by atoms with van der Waals surface area (Å²) in [6, 6.07) is 0. The summed E-state index contributed by atoms with van der Waals surface area (Å²) in [5.74, 6) is 0. The van der Waals surface area contributed by atoms with E-state index in [4.69, 9.17) is 5.73 Å². The maximum absolute atomic E-state index is 5.30. The van der Waals surface area contributed by atoms with Crippen molar-refractivity contribution in [1.29, 1.82) is 0 Å². The van der Waals surface area contributed by atoms with Crippen LogP contribution in [0.25, 0.3) is 0 Å². The molecule has 0 spiro atoms. The van der Waals surface area contributed by atoms with Gasteiger partial charge in [0.15, 0.2) is 0 Å². The van der Waals surface area contributed by atoms with Crippen molar-refractivity contribution < 1.29 is 0 Å².